The van der Waals surface area contributed by atoms with Gasteiger partial charge in [0.25, 0.3) is 0 Å². The van der Waals surface area contributed by atoms with E-state index in [1.807, 2.05) is 0 Å². The molecule has 2 heteroatoms. The molecule has 2 nitrogen and oxygen atoms in total. The first-order chi connectivity index (χ1) is 10.4. The lowest BCUT2D eigenvalue weighted by molar-refractivity contribution is 0.269. The van der Waals surface area contributed by atoms with Gasteiger partial charge in [-0.1, -0.05) is 57.2 Å². The molecule has 0 saturated carbocycles. The Kier molecular flexibility index (Phi) is 3.72. The molecule has 0 amide bonds. The normalized spacial score (nSPS) is 19.1. The molecule has 22 heavy (non-hydrogen) atoms. The quantitative estimate of drug-likeness (QED) is 0.782. The van der Waals surface area contributed by atoms with Crippen LogP contribution < -0.4 is 0 Å². The summed E-state index contributed by atoms with van der Waals surface area (Å²) in [6.45, 7) is 12.4. The van der Waals surface area contributed by atoms with Crippen molar-refractivity contribution in [3.05, 3.63) is 48.0 Å². The van der Waals surface area contributed by atoms with Crippen molar-refractivity contribution in [1.29, 1.82) is 0 Å². The smallest absolute Gasteiger partial charge is 0.131 e. The number of fused-ring (bicyclic) bond motifs is 1. The Balaban J connectivity index is 2.05. The summed E-state index contributed by atoms with van der Waals surface area (Å²) in [5, 5.41) is 2.57. The standard InChI is InChI=1S/C20H26N2/c1-14(2)22-13-18(20(3,4)5)21-19(22)17-11-10-15-8-6-7-9-16(15)12-17/h6-12,14,18H,13H2,1-5H3/t18-/m1/s1. The third-order valence-corrected chi connectivity index (χ3v) is 4.55. The monoisotopic (exact) mass is 294 g/mol. The molecule has 0 radical (unpaired) electrons. The first-order valence-corrected chi connectivity index (χ1v) is 8.20. The molecule has 0 bridgehead atoms. The zero-order chi connectivity index (χ0) is 15.9. The molecule has 0 fully saturated rings. The van der Waals surface area contributed by atoms with Gasteiger partial charge in [0, 0.05) is 18.2 Å². The average molecular weight is 294 g/mol. The lowest BCUT2D eigenvalue weighted by Gasteiger charge is -2.29. The van der Waals surface area contributed by atoms with E-state index in [-0.39, 0.29) is 5.41 Å². The number of aliphatic imine (C=N–C) groups is 1. The third-order valence-electron chi connectivity index (χ3n) is 4.55. The summed E-state index contributed by atoms with van der Waals surface area (Å²) in [6.07, 6.45) is 0. The molecule has 0 aliphatic carbocycles. The van der Waals surface area contributed by atoms with Gasteiger partial charge in [0.2, 0.25) is 0 Å². The molecule has 2 aromatic rings. The number of hydrogen-bond acceptors (Lipinski definition) is 2. The number of amidine groups is 1. The molecule has 3 rings (SSSR count). The second-order valence-corrected chi connectivity index (χ2v) is 7.64. The summed E-state index contributed by atoms with van der Waals surface area (Å²) in [5.41, 5.74) is 1.44. The maximum Gasteiger partial charge on any atom is 0.131 e. The van der Waals surface area contributed by atoms with E-state index in [4.69, 9.17) is 4.99 Å². The molecule has 0 unspecified atom stereocenters. The van der Waals surface area contributed by atoms with Crippen LogP contribution in [0.15, 0.2) is 47.5 Å². The van der Waals surface area contributed by atoms with Gasteiger partial charge in [0.05, 0.1) is 6.04 Å². The van der Waals surface area contributed by atoms with Crippen LogP contribution in [0.4, 0.5) is 0 Å². The SMILES string of the molecule is CC(C)N1C[C@H](C(C)(C)C)N=C1c1ccc2ccccc2c1. The van der Waals surface area contributed by atoms with Crippen molar-refractivity contribution in [1.82, 2.24) is 4.90 Å². The largest absolute Gasteiger partial charge is 0.352 e. The summed E-state index contributed by atoms with van der Waals surface area (Å²) in [7, 11) is 0. The van der Waals surface area contributed by atoms with Crippen molar-refractivity contribution >= 4 is 16.6 Å². The fourth-order valence-electron chi connectivity index (χ4n) is 3.03. The Morgan fingerprint density at radius 2 is 1.73 bits per heavy atom. The fourth-order valence-corrected chi connectivity index (χ4v) is 3.03. The Hall–Kier alpha value is -1.83. The van der Waals surface area contributed by atoms with Gasteiger partial charge in [-0.05, 0) is 36.1 Å². The Morgan fingerprint density at radius 1 is 1.05 bits per heavy atom. The lowest BCUT2D eigenvalue weighted by atomic mass is 9.87. The molecular weight excluding hydrogens is 268 g/mol. The highest BCUT2D eigenvalue weighted by Gasteiger charge is 2.34. The lowest BCUT2D eigenvalue weighted by Crippen LogP contribution is -2.38. The van der Waals surface area contributed by atoms with Crippen molar-refractivity contribution in [3.63, 3.8) is 0 Å². The van der Waals surface area contributed by atoms with Crippen LogP contribution in [0.2, 0.25) is 0 Å². The van der Waals surface area contributed by atoms with Crippen molar-refractivity contribution in [2.45, 2.75) is 46.7 Å². The Morgan fingerprint density at radius 3 is 2.36 bits per heavy atom. The summed E-state index contributed by atoms with van der Waals surface area (Å²) in [4.78, 5) is 7.53. The highest BCUT2D eigenvalue weighted by molar-refractivity contribution is 6.03. The van der Waals surface area contributed by atoms with E-state index in [9.17, 15) is 0 Å². The minimum atomic E-state index is 0.200. The summed E-state index contributed by atoms with van der Waals surface area (Å²) in [5.74, 6) is 1.15. The van der Waals surface area contributed by atoms with Gasteiger partial charge >= 0.3 is 0 Å². The van der Waals surface area contributed by atoms with Crippen LogP contribution in [0.25, 0.3) is 10.8 Å². The Labute approximate surface area is 133 Å². The van der Waals surface area contributed by atoms with E-state index < -0.39 is 0 Å². The predicted octanol–water partition coefficient (Wildman–Crippen LogP) is 4.73. The number of nitrogens with zero attached hydrogens (tertiary/aromatic N) is 2. The van der Waals surface area contributed by atoms with Gasteiger partial charge in [0.15, 0.2) is 0 Å². The van der Waals surface area contributed by atoms with Crippen LogP contribution in [0, 0.1) is 5.41 Å². The first-order valence-electron chi connectivity index (χ1n) is 8.20. The van der Waals surface area contributed by atoms with Gasteiger partial charge in [-0.25, -0.2) is 0 Å². The third kappa shape index (κ3) is 2.75. The zero-order valence-electron chi connectivity index (χ0n) is 14.3. The van der Waals surface area contributed by atoms with Gasteiger partial charge < -0.3 is 4.90 Å². The van der Waals surface area contributed by atoms with Crippen LogP contribution in [0.3, 0.4) is 0 Å². The van der Waals surface area contributed by atoms with E-state index in [1.54, 1.807) is 0 Å². The molecule has 1 heterocycles. The molecular formula is C20H26N2. The van der Waals surface area contributed by atoms with Crippen molar-refractivity contribution in [2.75, 3.05) is 6.54 Å². The molecule has 1 aliphatic heterocycles. The topological polar surface area (TPSA) is 15.6 Å². The van der Waals surface area contributed by atoms with E-state index >= 15 is 0 Å². The van der Waals surface area contributed by atoms with Gasteiger partial charge in [0.1, 0.15) is 5.84 Å². The van der Waals surface area contributed by atoms with Crippen LogP contribution >= 0.6 is 0 Å². The summed E-state index contributed by atoms with van der Waals surface area (Å²) >= 11 is 0. The number of hydrogen-bond donors (Lipinski definition) is 0. The molecule has 0 spiro atoms. The molecule has 0 saturated heterocycles. The molecule has 1 atom stereocenters. The van der Waals surface area contributed by atoms with Crippen molar-refractivity contribution in [2.24, 2.45) is 10.4 Å². The maximum atomic E-state index is 5.08. The van der Waals surface area contributed by atoms with Crippen molar-refractivity contribution < 1.29 is 0 Å². The fraction of sp³-hybridized carbons (Fsp3) is 0.450. The van der Waals surface area contributed by atoms with E-state index in [2.05, 4.69) is 82.0 Å². The van der Waals surface area contributed by atoms with Gasteiger partial charge in [-0.2, -0.15) is 0 Å². The van der Waals surface area contributed by atoms with Crippen LogP contribution in [0.1, 0.15) is 40.2 Å². The maximum absolute atomic E-state index is 5.08. The van der Waals surface area contributed by atoms with E-state index in [0.717, 1.165) is 12.4 Å². The van der Waals surface area contributed by atoms with E-state index in [0.29, 0.717) is 12.1 Å². The van der Waals surface area contributed by atoms with Crippen LogP contribution in [0.5, 0.6) is 0 Å². The van der Waals surface area contributed by atoms with Crippen molar-refractivity contribution in [3.8, 4) is 0 Å². The van der Waals surface area contributed by atoms with Gasteiger partial charge in [-0.3, -0.25) is 4.99 Å². The van der Waals surface area contributed by atoms with Crippen LogP contribution in [-0.2, 0) is 0 Å². The second kappa shape index (κ2) is 5.42. The van der Waals surface area contributed by atoms with Crippen LogP contribution in [-0.4, -0.2) is 29.4 Å². The molecule has 2 aromatic carbocycles. The predicted molar refractivity (Wildman–Crippen MR) is 95.6 cm³/mol. The van der Waals surface area contributed by atoms with Gasteiger partial charge in [-0.15, -0.1) is 0 Å². The molecule has 0 aromatic heterocycles. The second-order valence-electron chi connectivity index (χ2n) is 7.64. The average Bonchev–Trinajstić information content (AvgIpc) is 2.92. The minimum absolute atomic E-state index is 0.200. The summed E-state index contributed by atoms with van der Waals surface area (Å²) < 4.78 is 0. The van der Waals surface area contributed by atoms with E-state index in [1.165, 1.54) is 16.3 Å². The molecule has 116 valence electrons. The highest BCUT2D eigenvalue weighted by atomic mass is 15.3. The summed E-state index contributed by atoms with van der Waals surface area (Å²) in [6, 6.07) is 16.0. The Bertz CT molecular complexity index is 707. The number of rotatable bonds is 2. The number of benzene rings is 2. The first kappa shape index (κ1) is 15.1. The minimum Gasteiger partial charge on any atom is -0.352 e. The zero-order valence-corrected chi connectivity index (χ0v) is 14.3. The highest BCUT2D eigenvalue weighted by Crippen LogP contribution is 2.30. The molecule has 0 N–H and O–H groups in total. The molecule has 1 aliphatic rings.